The third kappa shape index (κ3) is 3.37. The molecule has 1 aromatic heterocycles. The fourth-order valence-corrected chi connectivity index (χ4v) is 2.79. The van der Waals surface area contributed by atoms with E-state index < -0.39 is 0 Å². The van der Waals surface area contributed by atoms with Crippen LogP contribution >= 0.6 is 0 Å². The Labute approximate surface area is 136 Å². The second-order valence-electron chi connectivity index (χ2n) is 5.73. The Balaban J connectivity index is 2.03. The van der Waals surface area contributed by atoms with Crippen LogP contribution in [0.1, 0.15) is 42.1 Å². The van der Waals surface area contributed by atoms with Crippen molar-refractivity contribution in [3.63, 3.8) is 0 Å². The van der Waals surface area contributed by atoms with E-state index in [4.69, 9.17) is 5.26 Å². The van der Waals surface area contributed by atoms with Gasteiger partial charge < -0.3 is 0 Å². The fraction of sp³-hybridized carbons (Fsp3) is 0.250. The lowest BCUT2D eigenvalue weighted by molar-refractivity contribution is 0.755. The zero-order valence-electron chi connectivity index (χ0n) is 13.3. The fourth-order valence-electron chi connectivity index (χ4n) is 2.79. The molecule has 0 saturated carbocycles. The van der Waals surface area contributed by atoms with Crippen LogP contribution in [0.2, 0.25) is 0 Å². The summed E-state index contributed by atoms with van der Waals surface area (Å²) in [5.41, 5.74) is 5.18. The molecule has 0 spiro atoms. The summed E-state index contributed by atoms with van der Waals surface area (Å²) in [5, 5.41) is 19.0. The Hall–Kier alpha value is -2.73. The summed E-state index contributed by atoms with van der Waals surface area (Å²) < 4.78 is 0. The summed E-state index contributed by atoms with van der Waals surface area (Å²) in [7, 11) is 0. The SMILES string of the molecule is CCCCc1nnc2ccccc2c1Cc1ccc(C#N)cc1. The summed E-state index contributed by atoms with van der Waals surface area (Å²) in [5.74, 6) is 0. The number of aromatic nitrogens is 2. The Kier molecular flexibility index (Phi) is 4.63. The highest BCUT2D eigenvalue weighted by molar-refractivity contribution is 5.82. The van der Waals surface area contributed by atoms with Gasteiger partial charge in [-0.2, -0.15) is 15.5 Å². The number of hydrogen-bond acceptors (Lipinski definition) is 3. The molecule has 3 rings (SSSR count). The molecule has 0 bridgehead atoms. The first kappa shape index (κ1) is 15.2. The maximum Gasteiger partial charge on any atom is 0.0991 e. The van der Waals surface area contributed by atoms with Gasteiger partial charge in [0, 0.05) is 5.39 Å². The third-order valence-electron chi connectivity index (χ3n) is 4.09. The zero-order valence-corrected chi connectivity index (χ0v) is 13.3. The van der Waals surface area contributed by atoms with E-state index in [0.29, 0.717) is 5.56 Å². The van der Waals surface area contributed by atoms with Crippen LogP contribution in [0.25, 0.3) is 10.9 Å². The van der Waals surface area contributed by atoms with E-state index in [2.05, 4.69) is 35.3 Å². The van der Waals surface area contributed by atoms with Gasteiger partial charge in [-0.25, -0.2) is 0 Å². The molecule has 0 aliphatic heterocycles. The quantitative estimate of drug-likeness (QED) is 0.700. The van der Waals surface area contributed by atoms with E-state index in [1.54, 1.807) is 0 Å². The minimum atomic E-state index is 0.692. The molecule has 0 atom stereocenters. The zero-order chi connectivity index (χ0) is 16.1. The van der Waals surface area contributed by atoms with E-state index in [1.807, 2.05) is 36.4 Å². The first-order valence-corrected chi connectivity index (χ1v) is 8.04. The van der Waals surface area contributed by atoms with E-state index in [0.717, 1.165) is 36.9 Å². The van der Waals surface area contributed by atoms with Gasteiger partial charge in [0.25, 0.3) is 0 Å². The molecule has 0 unspecified atom stereocenters. The predicted octanol–water partition coefficient (Wildman–Crippen LogP) is 4.43. The smallest absolute Gasteiger partial charge is 0.0991 e. The van der Waals surface area contributed by atoms with Gasteiger partial charge in [0.2, 0.25) is 0 Å². The molecule has 0 aliphatic carbocycles. The molecule has 0 saturated heterocycles. The third-order valence-corrected chi connectivity index (χ3v) is 4.09. The van der Waals surface area contributed by atoms with Crippen molar-refractivity contribution in [3.05, 3.63) is 70.9 Å². The summed E-state index contributed by atoms with van der Waals surface area (Å²) >= 11 is 0. The number of benzene rings is 2. The van der Waals surface area contributed by atoms with Crippen LogP contribution in [0, 0.1) is 11.3 Å². The van der Waals surface area contributed by atoms with Crippen molar-refractivity contribution in [2.75, 3.05) is 0 Å². The molecule has 0 amide bonds. The molecule has 2 aromatic carbocycles. The first-order chi connectivity index (χ1) is 11.3. The highest BCUT2D eigenvalue weighted by Crippen LogP contribution is 2.23. The van der Waals surface area contributed by atoms with Crippen LogP contribution in [0.15, 0.2) is 48.5 Å². The molecule has 23 heavy (non-hydrogen) atoms. The summed E-state index contributed by atoms with van der Waals surface area (Å²) in [4.78, 5) is 0. The molecular formula is C20H19N3. The molecule has 114 valence electrons. The maximum atomic E-state index is 8.93. The largest absolute Gasteiger partial charge is 0.192 e. The van der Waals surface area contributed by atoms with Gasteiger partial charge in [0.1, 0.15) is 0 Å². The average Bonchev–Trinajstić information content (AvgIpc) is 2.61. The van der Waals surface area contributed by atoms with Crippen molar-refractivity contribution >= 4 is 10.9 Å². The Morgan fingerprint density at radius 2 is 1.78 bits per heavy atom. The average molecular weight is 301 g/mol. The maximum absolute atomic E-state index is 8.93. The lowest BCUT2D eigenvalue weighted by Gasteiger charge is -2.11. The Morgan fingerprint density at radius 3 is 2.52 bits per heavy atom. The van der Waals surface area contributed by atoms with Crippen LogP contribution in [-0.4, -0.2) is 10.2 Å². The van der Waals surface area contributed by atoms with Crippen molar-refractivity contribution in [1.82, 2.24) is 10.2 Å². The molecule has 3 aromatic rings. The summed E-state index contributed by atoms with van der Waals surface area (Å²) in [6, 6.07) is 18.1. The summed E-state index contributed by atoms with van der Waals surface area (Å²) in [6.45, 7) is 2.19. The van der Waals surface area contributed by atoms with E-state index in [-0.39, 0.29) is 0 Å². The first-order valence-electron chi connectivity index (χ1n) is 8.04. The lowest BCUT2D eigenvalue weighted by atomic mass is 9.97. The number of nitrogens with zero attached hydrogens (tertiary/aromatic N) is 3. The van der Waals surface area contributed by atoms with E-state index in [1.165, 1.54) is 16.5 Å². The highest BCUT2D eigenvalue weighted by Gasteiger charge is 2.11. The molecule has 0 aliphatic rings. The van der Waals surface area contributed by atoms with Crippen LogP contribution < -0.4 is 0 Å². The molecular weight excluding hydrogens is 282 g/mol. The van der Waals surface area contributed by atoms with Gasteiger partial charge in [-0.05, 0) is 48.6 Å². The molecule has 3 heteroatoms. The predicted molar refractivity (Wildman–Crippen MR) is 92.1 cm³/mol. The van der Waals surface area contributed by atoms with E-state index in [9.17, 15) is 0 Å². The van der Waals surface area contributed by atoms with Crippen LogP contribution in [0.4, 0.5) is 0 Å². The van der Waals surface area contributed by atoms with Gasteiger partial charge in [-0.1, -0.05) is 43.7 Å². The van der Waals surface area contributed by atoms with Gasteiger partial charge in [0.15, 0.2) is 0 Å². The normalized spacial score (nSPS) is 10.6. The van der Waals surface area contributed by atoms with Gasteiger partial charge in [-0.3, -0.25) is 0 Å². The van der Waals surface area contributed by atoms with Gasteiger partial charge in [-0.15, -0.1) is 0 Å². The second kappa shape index (κ2) is 7.02. The standard InChI is InChI=1S/C20H19N3/c1-2-3-7-20-18(13-15-9-11-16(14-21)12-10-15)17-6-4-5-8-19(17)22-23-20/h4-6,8-12H,2-3,7,13H2,1H3. The van der Waals surface area contributed by atoms with Gasteiger partial charge in [0.05, 0.1) is 22.8 Å². The molecule has 0 fully saturated rings. The molecule has 3 nitrogen and oxygen atoms in total. The number of hydrogen-bond donors (Lipinski definition) is 0. The van der Waals surface area contributed by atoms with Crippen LogP contribution in [-0.2, 0) is 12.8 Å². The van der Waals surface area contributed by atoms with Crippen LogP contribution in [0.5, 0.6) is 0 Å². The van der Waals surface area contributed by atoms with Crippen molar-refractivity contribution in [2.45, 2.75) is 32.6 Å². The van der Waals surface area contributed by atoms with Crippen molar-refractivity contribution in [2.24, 2.45) is 0 Å². The van der Waals surface area contributed by atoms with Crippen molar-refractivity contribution in [1.29, 1.82) is 5.26 Å². The topological polar surface area (TPSA) is 49.6 Å². The Bertz CT molecular complexity index is 845. The molecule has 0 N–H and O–H groups in total. The molecule has 1 heterocycles. The summed E-state index contributed by atoms with van der Waals surface area (Å²) in [6.07, 6.45) is 4.04. The second-order valence-corrected chi connectivity index (χ2v) is 5.73. The monoisotopic (exact) mass is 301 g/mol. The highest BCUT2D eigenvalue weighted by atomic mass is 15.1. The van der Waals surface area contributed by atoms with Crippen LogP contribution in [0.3, 0.4) is 0 Å². The molecule has 0 radical (unpaired) electrons. The van der Waals surface area contributed by atoms with Crippen molar-refractivity contribution in [3.8, 4) is 6.07 Å². The number of fused-ring (bicyclic) bond motifs is 1. The number of aryl methyl sites for hydroxylation is 1. The number of rotatable bonds is 5. The minimum Gasteiger partial charge on any atom is -0.192 e. The lowest BCUT2D eigenvalue weighted by Crippen LogP contribution is -2.03. The van der Waals surface area contributed by atoms with Gasteiger partial charge >= 0.3 is 0 Å². The number of unbranched alkanes of at least 4 members (excludes halogenated alkanes) is 1. The number of nitriles is 1. The Morgan fingerprint density at radius 1 is 1.00 bits per heavy atom. The van der Waals surface area contributed by atoms with E-state index >= 15 is 0 Å². The minimum absolute atomic E-state index is 0.692. The van der Waals surface area contributed by atoms with Crippen molar-refractivity contribution < 1.29 is 0 Å².